The van der Waals surface area contributed by atoms with E-state index in [2.05, 4.69) is 35.8 Å². The lowest BCUT2D eigenvalue weighted by molar-refractivity contribution is -0.128. The smallest absolute Gasteiger partial charge is 0.143 e. The van der Waals surface area contributed by atoms with Crippen LogP contribution in [0.5, 0.6) is 0 Å². The number of hydrogen-bond donors (Lipinski definition) is 0. The second kappa shape index (κ2) is 6.21. The van der Waals surface area contributed by atoms with Crippen LogP contribution in [0.15, 0.2) is 28.7 Å². The van der Waals surface area contributed by atoms with E-state index in [1.54, 1.807) is 0 Å². The van der Waals surface area contributed by atoms with E-state index in [0.717, 1.165) is 29.3 Å². The molecule has 19 heavy (non-hydrogen) atoms. The topological polar surface area (TPSA) is 17.1 Å². The summed E-state index contributed by atoms with van der Waals surface area (Å²) in [6.45, 7) is 4.46. The van der Waals surface area contributed by atoms with Crippen molar-refractivity contribution in [1.82, 2.24) is 0 Å². The van der Waals surface area contributed by atoms with Crippen molar-refractivity contribution < 1.29 is 4.79 Å². The number of carbonyl (C=O) groups is 1. The van der Waals surface area contributed by atoms with Crippen LogP contribution >= 0.6 is 15.9 Å². The fourth-order valence-electron chi connectivity index (χ4n) is 3.43. The van der Waals surface area contributed by atoms with Crippen LogP contribution in [0.4, 0.5) is 0 Å². The Morgan fingerprint density at radius 3 is 2.47 bits per heavy atom. The molecule has 1 aromatic rings. The van der Waals surface area contributed by atoms with Crippen molar-refractivity contribution in [2.75, 3.05) is 0 Å². The van der Waals surface area contributed by atoms with Crippen LogP contribution < -0.4 is 0 Å². The lowest BCUT2D eigenvalue weighted by atomic mass is 9.73. The highest BCUT2D eigenvalue weighted by molar-refractivity contribution is 9.10. The highest BCUT2D eigenvalue weighted by atomic mass is 79.9. The molecule has 0 atom stereocenters. The molecule has 104 valence electrons. The predicted molar refractivity (Wildman–Crippen MR) is 83.2 cm³/mol. The summed E-state index contributed by atoms with van der Waals surface area (Å²) in [7, 11) is 0. The Bertz CT molecular complexity index is 444. The van der Waals surface area contributed by atoms with Gasteiger partial charge in [0.25, 0.3) is 0 Å². The number of benzene rings is 1. The number of carbonyl (C=O) groups excluding carboxylic acids is 1. The van der Waals surface area contributed by atoms with Gasteiger partial charge in [0, 0.05) is 16.3 Å². The van der Waals surface area contributed by atoms with E-state index in [-0.39, 0.29) is 5.41 Å². The molecular weight excluding hydrogens is 300 g/mol. The molecule has 0 bridgehead atoms. The molecule has 0 aromatic heterocycles. The first-order valence-corrected chi connectivity index (χ1v) is 8.09. The zero-order chi connectivity index (χ0) is 13.9. The van der Waals surface area contributed by atoms with Gasteiger partial charge < -0.3 is 0 Å². The quantitative estimate of drug-likeness (QED) is 0.731. The molecule has 0 amide bonds. The Balaban J connectivity index is 2.15. The molecule has 1 saturated carbocycles. The molecule has 0 aliphatic heterocycles. The summed E-state index contributed by atoms with van der Waals surface area (Å²) in [5.41, 5.74) is 1.09. The molecule has 1 aromatic carbocycles. The van der Waals surface area contributed by atoms with Gasteiger partial charge in [-0.05, 0) is 36.8 Å². The SMILES string of the molecule is CC(C)CC1(C(=O)Cc2ccccc2Br)CCCC1. The van der Waals surface area contributed by atoms with Crippen LogP contribution in [0.3, 0.4) is 0 Å². The minimum absolute atomic E-state index is 0.0382. The third-order valence-electron chi connectivity index (χ3n) is 4.26. The van der Waals surface area contributed by atoms with Crippen LogP contribution in [0.25, 0.3) is 0 Å². The van der Waals surface area contributed by atoms with Gasteiger partial charge in [0.2, 0.25) is 0 Å². The fraction of sp³-hybridized carbons (Fsp3) is 0.588. The van der Waals surface area contributed by atoms with E-state index >= 15 is 0 Å². The van der Waals surface area contributed by atoms with E-state index < -0.39 is 0 Å². The van der Waals surface area contributed by atoms with E-state index in [1.807, 2.05) is 18.2 Å². The molecule has 2 rings (SSSR count). The summed E-state index contributed by atoms with van der Waals surface area (Å²) < 4.78 is 1.06. The second-order valence-corrected chi connectivity index (χ2v) is 7.13. The van der Waals surface area contributed by atoms with Crippen LogP contribution in [-0.2, 0) is 11.2 Å². The molecule has 1 fully saturated rings. The molecule has 1 nitrogen and oxygen atoms in total. The van der Waals surface area contributed by atoms with Crippen molar-refractivity contribution in [2.45, 2.75) is 52.4 Å². The second-order valence-electron chi connectivity index (χ2n) is 6.28. The Morgan fingerprint density at radius 2 is 1.89 bits per heavy atom. The predicted octanol–water partition coefficient (Wildman–Crippen LogP) is 5.17. The van der Waals surface area contributed by atoms with Gasteiger partial charge in [-0.25, -0.2) is 0 Å². The van der Waals surface area contributed by atoms with Crippen molar-refractivity contribution in [1.29, 1.82) is 0 Å². The molecule has 0 heterocycles. The first kappa shape index (κ1) is 14.8. The fourth-order valence-corrected chi connectivity index (χ4v) is 3.86. The Morgan fingerprint density at radius 1 is 1.26 bits per heavy atom. The average molecular weight is 323 g/mol. The van der Waals surface area contributed by atoms with E-state index in [9.17, 15) is 4.79 Å². The largest absolute Gasteiger partial charge is 0.299 e. The monoisotopic (exact) mass is 322 g/mol. The van der Waals surface area contributed by atoms with E-state index in [4.69, 9.17) is 0 Å². The summed E-state index contributed by atoms with van der Waals surface area (Å²) in [4.78, 5) is 12.8. The maximum absolute atomic E-state index is 12.8. The molecule has 0 radical (unpaired) electrons. The Kier molecular flexibility index (Phi) is 4.83. The highest BCUT2D eigenvalue weighted by Gasteiger charge is 2.40. The summed E-state index contributed by atoms with van der Waals surface area (Å²) >= 11 is 3.55. The van der Waals surface area contributed by atoms with Gasteiger partial charge >= 0.3 is 0 Å². The summed E-state index contributed by atoms with van der Waals surface area (Å²) in [5.74, 6) is 1.05. The molecule has 0 N–H and O–H groups in total. The zero-order valence-electron chi connectivity index (χ0n) is 11.9. The molecule has 0 spiro atoms. The van der Waals surface area contributed by atoms with E-state index in [1.165, 1.54) is 12.8 Å². The van der Waals surface area contributed by atoms with Gasteiger partial charge in [0.1, 0.15) is 5.78 Å². The maximum atomic E-state index is 12.8. The summed E-state index contributed by atoms with van der Waals surface area (Å²) in [5, 5.41) is 0. The molecule has 1 aliphatic rings. The van der Waals surface area contributed by atoms with Crippen LogP contribution in [0.1, 0.15) is 51.5 Å². The third-order valence-corrected chi connectivity index (χ3v) is 5.03. The van der Waals surface area contributed by atoms with Crippen molar-refractivity contribution >= 4 is 21.7 Å². The van der Waals surface area contributed by atoms with Gasteiger partial charge in [0.15, 0.2) is 0 Å². The average Bonchev–Trinajstić information content (AvgIpc) is 2.81. The molecule has 0 saturated heterocycles. The van der Waals surface area contributed by atoms with Gasteiger partial charge in [-0.2, -0.15) is 0 Å². The summed E-state index contributed by atoms with van der Waals surface area (Å²) in [6.07, 6.45) is 6.25. The maximum Gasteiger partial charge on any atom is 0.143 e. The van der Waals surface area contributed by atoms with Crippen LogP contribution in [0, 0.1) is 11.3 Å². The number of Topliss-reactive ketones (excluding diaryl/α,β-unsaturated/α-hetero) is 1. The van der Waals surface area contributed by atoms with Gasteiger partial charge in [-0.15, -0.1) is 0 Å². The van der Waals surface area contributed by atoms with Crippen molar-refractivity contribution in [2.24, 2.45) is 11.3 Å². The molecule has 0 unspecified atom stereocenters. The highest BCUT2D eigenvalue weighted by Crippen LogP contribution is 2.44. The van der Waals surface area contributed by atoms with Gasteiger partial charge in [0.05, 0.1) is 0 Å². The summed E-state index contributed by atoms with van der Waals surface area (Å²) in [6, 6.07) is 8.08. The van der Waals surface area contributed by atoms with Crippen molar-refractivity contribution in [3.05, 3.63) is 34.3 Å². The standard InChI is InChI=1S/C17H23BrO/c1-13(2)12-17(9-5-6-10-17)16(19)11-14-7-3-4-8-15(14)18/h3-4,7-8,13H,5-6,9-12H2,1-2H3. The number of halogens is 1. The van der Waals surface area contributed by atoms with Crippen LogP contribution in [-0.4, -0.2) is 5.78 Å². The molecule has 1 aliphatic carbocycles. The number of hydrogen-bond acceptors (Lipinski definition) is 1. The first-order chi connectivity index (χ1) is 9.03. The van der Waals surface area contributed by atoms with Crippen LogP contribution in [0.2, 0.25) is 0 Å². The normalized spacial score (nSPS) is 17.9. The van der Waals surface area contributed by atoms with Crippen molar-refractivity contribution in [3.8, 4) is 0 Å². The molecule has 2 heteroatoms. The Hall–Kier alpha value is -0.630. The number of rotatable bonds is 5. The zero-order valence-corrected chi connectivity index (χ0v) is 13.5. The lowest BCUT2D eigenvalue weighted by Gasteiger charge is -2.29. The van der Waals surface area contributed by atoms with Gasteiger partial charge in [-0.1, -0.05) is 60.8 Å². The van der Waals surface area contributed by atoms with E-state index in [0.29, 0.717) is 18.1 Å². The minimum atomic E-state index is -0.0382. The van der Waals surface area contributed by atoms with Gasteiger partial charge in [-0.3, -0.25) is 4.79 Å². The number of ketones is 1. The minimum Gasteiger partial charge on any atom is -0.299 e. The Labute approximate surface area is 124 Å². The third kappa shape index (κ3) is 3.47. The lowest BCUT2D eigenvalue weighted by Crippen LogP contribution is -2.31. The molecular formula is C17H23BrO. The first-order valence-electron chi connectivity index (χ1n) is 7.30. The van der Waals surface area contributed by atoms with Crippen molar-refractivity contribution in [3.63, 3.8) is 0 Å².